The van der Waals surface area contributed by atoms with Crippen molar-refractivity contribution in [3.8, 4) is 34.6 Å². The van der Waals surface area contributed by atoms with Gasteiger partial charge in [-0.15, -0.1) is 0 Å². The fraction of sp³-hybridized carbons (Fsp3) is 0.250. The normalized spacial score (nSPS) is 14.7. The fourth-order valence-electron chi connectivity index (χ4n) is 11.6. The molecule has 34 heteroatoms. The number of thioether (sulfide) groups is 1. The fourth-order valence-corrected chi connectivity index (χ4v) is 14.7. The van der Waals surface area contributed by atoms with E-state index in [4.69, 9.17) is 34.4 Å². The van der Waals surface area contributed by atoms with Crippen LogP contribution in [-0.4, -0.2) is 169 Å². The van der Waals surface area contributed by atoms with Gasteiger partial charge in [0.2, 0.25) is 0 Å². The van der Waals surface area contributed by atoms with E-state index < -0.39 is 20.6 Å². The van der Waals surface area contributed by atoms with Crippen LogP contribution in [0.5, 0.6) is 0 Å². The number of benzene rings is 3. The maximum absolute atomic E-state index is 14.2. The quantitative estimate of drug-likeness (QED) is 0.0727. The van der Waals surface area contributed by atoms with Crippen molar-refractivity contribution in [2.24, 2.45) is 0 Å². The molecule has 0 atom stereocenters. The van der Waals surface area contributed by atoms with Crippen LogP contribution in [0.4, 0.5) is 65.1 Å². The minimum Gasteiger partial charge on any atom is -0.382 e. The molecule has 0 bridgehead atoms. The Bertz CT molecular complexity index is 4970. The molecule has 3 aliphatic rings. The van der Waals surface area contributed by atoms with Crippen LogP contribution in [-0.2, 0) is 40.3 Å². The minimum absolute atomic E-state index is 0. The van der Waals surface area contributed by atoms with Crippen LogP contribution in [0, 0.1) is 17.5 Å². The highest BCUT2D eigenvalue weighted by atomic mass is 32.2. The van der Waals surface area contributed by atoms with Crippen LogP contribution in [0.1, 0.15) is 24.1 Å². The highest BCUT2D eigenvalue weighted by Gasteiger charge is 2.29. The monoisotopic (exact) mass is 1380 g/mol. The number of sulfone groups is 1. The van der Waals surface area contributed by atoms with Gasteiger partial charge in [0.15, 0.2) is 79.2 Å². The summed E-state index contributed by atoms with van der Waals surface area (Å²) in [6, 6.07) is 30.5. The van der Waals surface area contributed by atoms with Crippen LogP contribution in [0.15, 0.2) is 128 Å². The first kappa shape index (κ1) is 68.6. The number of aromatic nitrogens is 15. The van der Waals surface area contributed by atoms with Crippen molar-refractivity contribution in [3.05, 3.63) is 162 Å². The van der Waals surface area contributed by atoms with E-state index in [2.05, 4.69) is 65.1 Å². The van der Waals surface area contributed by atoms with Gasteiger partial charge in [0.25, 0.3) is 0 Å². The van der Waals surface area contributed by atoms with E-state index in [9.17, 15) is 25.8 Å². The number of nitrogens with two attached hydrogens (primary N) is 6. The van der Waals surface area contributed by atoms with Crippen molar-refractivity contribution in [2.45, 2.75) is 27.1 Å². The van der Waals surface area contributed by atoms with E-state index in [0.717, 1.165) is 30.0 Å². The predicted molar refractivity (Wildman–Crippen MR) is 382 cm³/mol. The first-order valence-electron chi connectivity index (χ1n) is 30.3. The number of rotatable bonds is 12. The molecule has 12 N–H and O–H groups in total. The molecule has 12 aromatic rings. The average Bonchev–Trinajstić information content (AvgIpc) is 1.57. The summed E-state index contributed by atoms with van der Waals surface area (Å²) in [6.07, 6.45) is 4.95. The minimum atomic E-state index is -3.06. The molecule has 0 spiro atoms. The van der Waals surface area contributed by atoms with Crippen molar-refractivity contribution in [1.29, 1.82) is 0 Å². The lowest BCUT2D eigenvalue weighted by atomic mass is 10.2. The van der Waals surface area contributed by atoms with E-state index in [1.165, 1.54) is 18.2 Å². The molecule has 0 aliphatic carbocycles. The van der Waals surface area contributed by atoms with Crippen LogP contribution in [0.3, 0.4) is 0 Å². The second kappa shape index (κ2) is 29.3. The summed E-state index contributed by atoms with van der Waals surface area (Å²) in [5.41, 5.74) is 43.9. The molecular formula is C64H67BF3N24O3S3. The molecule has 3 aromatic carbocycles. The summed E-state index contributed by atoms with van der Waals surface area (Å²) in [6.45, 7) is 4.00. The van der Waals surface area contributed by atoms with E-state index in [1.807, 2.05) is 40.9 Å². The number of hydrogen-bond donors (Lipinski definition) is 6. The number of nitrogens with zero attached hydrogens (tertiary/aromatic N) is 18. The number of halogens is 3. The van der Waals surface area contributed by atoms with E-state index in [1.54, 1.807) is 104 Å². The highest BCUT2D eigenvalue weighted by Crippen LogP contribution is 2.37. The summed E-state index contributed by atoms with van der Waals surface area (Å²) >= 11 is 1.90. The molecule has 98 heavy (non-hydrogen) atoms. The molecule has 0 amide bonds. The smallest absolute Gasteiger partial charge is 0.184 e. The Morgan fingerprint density at radius 3 is 1.04 bits per heavy atom. The molecule has 0 unspecified atom stereocenters. The zero-order valence-corrected chi connectivity index (χ0v) is 54.4. The predicted octanol–water partition coefficient (Wildman–Crippen LogP) is 6.33. The van der Waals surface area contributed by atoms with Gasteiger partial charge in [0, 0.05) is 117 Å². The third kappa shape index (κ3) is 14.4. The van der Waals surface area contributed by atoms with Crippen LogP contribution in [0.2, 0.25) is 0 Å². The van der Waals surface area contributed by atoms with Gasteiger partial charge in [0.1, 0.15) is 51.6 Å². The van der Waals surface area contributed by atoms with Gasteiger partial charge in [-0.25, -0.2) is 80.5 Å². The molecular weight excluding hydrogens is 1320 g/mol. The van der Waals surface area contributed by atoms with E-state index >= 15 is 0 Å². The second-order valence-corrected chi connectivity index (χ2v) is 27.7. The van der Waals surface area contributed by atoms with Gasteiger partial charge < -0.3 is 49.1 Å². The van der Waals surface area contributed by atoms with Gasteiger partial charge >= 0.3 is 0 Å². The molecule has 3 saturated heterocycles. The molecule has 15 rings (SSSR count). The van der Waals surface area contributed by atoms with E-state index in [-0.39, 0.29) is 112 Å². The first-order chi connectivity index (χ1) is 46.4. The Morgan fingerprint density at radius 1 is 0.429 bits per heavy atom. The average molecular weight is 1380 g/mol. The lowest BCUT2D eigenvalue weighted by molar-refractivity contribution is 0.586. The number of pyridine rings is 3. The molecule has 3 aliphatic heterocycles. The van der Waals surface area contributed by atoms with E-state index in [0.29, 0.717) is 121 Å². The van der Waals surface area contributed by atoms with Crippen molar-refractivity contribution in [2.75, 3.05) is 123 Å². The Balaban J connectivity index is 0.000000147. The van der Waals surface area contributed by atoms with Gasteiger partial charge in [-0.1, -0.05) is 62.0 Å². The number of fused-ring (bicyclic) bond motifs is 3. The third-order valence-electron chi connectivity index (χ3n) is 16.3. The van der Waals surface area contributed by atoms with Crippen molar-refractivity contribution in [1.82, 2.24) is 74.2 Å². The summed E-state index contributed by atoms with van der Waals surface area (Å²) in [5, 5.41) is 16.0. The molecule has 0 saturated carbocycles. The molecule has 503 valence electrons. The second-order valence-electron chi connectivity index (χ2n) is 22.5. The standard InChI is InChI=1S/C21H21FN8O2S.C21H21FN8OS.C21H21FN8S.CH4.B/c22-15-6-2-1-4-13(15)12-30-21-14(5-3-7-25-21)16(28-30)20-26-18(23)17(19(24)27-20)29-8-10-33(31,32)11-9-29;22-15-6-2-1-4-13(15)12-30-21-14(5-3-7-25-21)16(28-30)20-26-18(23)17(19(24)27-20)29-8-10-32(31)11-9-29;22-15-6-2-1-4-13(15)12-30-21-14(5-3-7-25-21)16(28-30)20-26-18(23)17(19(24)27-20)29-8-10-31-11-9-29;;/h1-7H,8-12H2,(H4,23,24,26,27);1-7H,8-12H2,(H4,23,24,26,27);1-7H,8-12H2,(H4,23,24,26,27);1H4;. The summed E-state index contributed by atoms with van der Waals surface area (Å²) in [7, 11) is -3.89. The van der Waals surface area contributed by atoms with Gasteiger partial charge in [-0.3, -0.25) is 4.21 Å². The Morgan fingerprint density at radius 2 is 0.724 bits per heavy atom. The zero-order chi connectivity index (χ0) is 66.8. The largest absolute Gasteiger partial charge is 0.382 e. The topological polar surface area (TPSA) is 387 Å². The Labute approximate surface area is 569 Å². The SMILES string of the molecule is C.Nc1nc(-c2nn(Cc3ccccc3F)c3ncccc23)nc(N)c1N1CCS(=O)(=O)CC1.Nc1nc(-c2nn(Cc3ccccc3F)c3ncccc23)nc(N)c1N1CCS(=O)CC1.Nc1nc(-c2nn(Cc3ccccc3F)c3ncccc23)nc(N)c1N1CCSCC1.[B]. The number of anilines is 9. The van der Waals surface area contributed by atoms with Gasteiger partial charge in [-0.05, 0) is 54.6 Å². The lowest BCUT2D eigenvalue weighted by Gasteiger charge is -2.29. The third-order valence-corrected chi connectivity index (χ3v) is 20.1. The Hall–Kier alpha value is -10.7. The van der Waals surface area contributed by atoms with Crippen molar-refractivity contribution >= 4 is 126 Å². The lowest BCUT2D eigenvalue weighted by Crippen LogP contribution is -2.41. The number of hydrogen-bond acceptors (Lipinski definition) is 25. The maximum atomic E-state index is 14.2. The van der Waals surface area contributed by atoms with Crippen LogP contribution < -0.4 is 49.1 Å². The first-order valence-corrected chi connectivity index (χ1v) is 34.7. The molecule has 27 nitrogen and oxygen atoms in total. The summed E-state index contributed by atoms with van der Waals surface area (Å²) in [5.74, 6) is 4.44. The maximum Gasteiger partial charge on any atom is 0.184 e. The molecule has 3 radical (unpaired) electrons. The molecule has 9 aromatic heterocycles. The highest BCUT2D eigenvalue weighted by molar-refractivity contribution is 7.99. The van der Waals surface area contributed by atoms with Crippen LogP contribution in [0.25, 0.3) is 67.7 Å². The number of nitrogen functional groups attached to an aromatic ring is 6. The van der Waals surface area contributed by atoms with Crippen molar-refractivity contribution < 1.29 is 25.8 Å². The summed E-state index contributed by atoms with van der Waals surface area (Å²) in [4.78, 5) is 46.0. The zero-order valence-electron chi connectivity index (χ0n) is 51.9. The van der Waals surface area contributed by atoms with Crippen molar-refractivity contribution in [3.63, 3.8) is 0 Å². The molecule has 12 heterocycles. The van der Waals surface area contributed by atoms with Gasteiger partial charge in [-0.2, -0.15) is 27.1 Å². The summed E-state index contributed by atoms with van der Waals surface area (Å²) < 4.78 is 82.7. The molecule has 3 fully saturated rings. The van der Waals surface area contributed by atoms with Crippen LogP contribution >= 0.6 is 11.8 Å². The Kier molecular flexibility index (Phi) is 20.5. The van der Waals surface area contributed by atoms with Gasteiger partial charge in [0.05, 0.1) is 47.3 Å².